The number of ether oxygens (including phenoxy) is 1. The van der Waals surface area contributed by atoms with Gasteiger partial charge in [0, 0.05) is 11.1 Å². The first-order valence-electron chi connectivity index (χ1n) is 11.5. The van der Waals surface area contributed by atoms with Gasteiger partial charge in [0.25, 0.3) is 0 Å². The Labute approximate surface area is 205 Å². The molecule has 0 radical (unpaired) electrons. The SMILES string of the molecule is O=C(O)c1ccc(CCCc2cc(C(=NO)c3ccccc3)ccc2OCc2ccccc2)cc1. The van der Waals surface area contributed by atoms with Crippen molar-refractivity contribution in [2.45, 2.75) is 25.9 Å². The topological polar surface area (TPSA) is 79.1 Å². The number of carbonyl (C=O) groups is 1. The molecular formula is C30H27NO4. The van der Waals surface area contributed by atoms with Gasteiger partial charge in [-0.15, -0.1) is 0 Å². The Morgan fingerprint density at radius 2 is 1.37 bits per heavy atom. The summed E-state index contributed by atoms with van der Waals surface area (Å²) < 4.78 is 6.17. The zero-order valence-corrected chi connectivity index (χ0v) is 19.3. The zero-order valence-electron chi connectivity index (χ0n) is 19.3. The largest absolute Gasteiger partial charge is 0.489 e. The number of aromatic carboxylic acids is 1. The van der Waals surface area contributed by atoms with Gasteiger partial charge in [-0.2, -0.15) is 0 Å². The van der Waals surface area contributed by atoms with Crippen LogP contribution in [0.3, 0.4) is 0 Å². The fourth-order valence-corrected chi connectivity index (χ4v) is 3.97. The average Bonchev–Trinajstić information content (AvgIpc) is 2.90. The van der Waals surface area contributed by atoms with E-state index < -0.39 is 5.97 Å². The molecule has 4 rings (SSSR count). The first kappa shape index (κ1) is 23.8. The lowest BCUT2D eigenvalue weighted by atomic mass is 9.97. The van der Waals surface area contributed by atoms with Crippen molar-refractivity contribution in [1.29, 1.82) is 0 Å². The molecule has 4 aromatic rings. The van der Waals surface area contributed by atoms with Crippen LogP contribution in [0.15, 0.2) is 108 Å². The van der Waals surface area contributed by atoms with Gasteiger partial charge in [-0.1, -0.05) is 78.0 Å². The van der Waals surface area contributed by atoms with Gasteiger partial charge in [-0.25, -0.2) is 4.79 Å². The highest BCUT2D eigenvalue weighted by atomic mass is 16.5. The summed E-state index contributed by atoms with van der Waals surface area (Å²) in [7, 11) is 0. The molecule has 0 saturated heterocycles. The number of carboxylic acids is 1. The van der Waals surface area contributed by atoms with Crippen LogP contribution >= 0.6 is 0 Å². The van der Waals surface area contributed by atoms with E-state index in [0.717, 1.165) is 52.8 Å². The second kappa shape index (κ2) is 11.7. The maximum Gasteiger partial charge on any atom is 0.335 e. The third kappa shape index (κ3) is 6.36. The summed E-state index contributed by atoms with van der Waals surface area (Å²) in [6.07, 6.45) is 2.42. The summed E-state index contributed by atoms with van der Waals surface area (Å²) in [6.45, 7) is 0.462. The van der Waals surface area contributed by atoms with E-state index in [2.05, 4.69) is 5.16 Å². The monoisotopic (exact) mass is 465 g/mol. The molecule has 0 heterocycles. The number of carboxylic acid groups (broad SMARTS) is 1. The van der Waals surface area contributed by atoms with Crippen LogP contribution in [-0.4, -0.2) is 22.0 Å². The summed E-state index contributed by atoms with van der Waals surface area (Å²) in [5.74, 6) is -0.127. The molecule has 5 heteroatoms. The van der Waals surface area contributed by atoms with Gasteiger partial charge in [-0.05, 0) is 66.3 Å². The Kier molecular flexibility index (Phi) is 7.92. The number of aryl methyl sites for hydroxylation is 2. The van der Waals surface area contributed by atoms with Gasteiger partial charge >= 0.3 is 5.97 Å². The minimum absolute atomic E-state index is 0.287. The second-order valence-electron chi connectivity index (χ2n) is 8.27. The van der Waals surface area contributed by atoms with Crippen LogP contribution in [0, 0.1) is 0 Å². The fourth-order valence-electron chi connectivity index (χ4n) is 3.97. The molecule has 0 bridgehead atoms. The first-order valence-corrected chi connectivity index (χ1v) is 11.5. The van der Waals surface area contributed by atoms with Gasteiger partial charge in [-0.3, -0.25) is 0 Å². The van der Waals surface area contributed by atoms with Crippen LogP contribution in [0.2, 0.25) is 0 Å². The molecule has 176 valence electrons. The molecule has 0 unspecified atom stereocenters. The molecule has 35 heavy (non-hydrogen) atoms. The molecule has 5 nitrogen and oxygen atoms in total. The number of benzene rings is 4. The number of oxime groups is 1. The van der Waals surface area contributed by atoms with E-state index in [9.17, 15) is 10.0 Å². The Morgan fingerprint density at radius 1 is 0.714 bits per heavy atom. The summed E-state index contributed by atoms with van der Waals surface area (Å²) in [5.41, 5.74) is 5.63. The lowest BCUT2D eigenvalue weighted by Crippen LogP contribution is -2.06. The third-order valence-corrected chi connectivity index (χ3v) is 5.83. The van der Waals surface area contributed by atoms with Gasteiger partial charge in [0.15, 0.2) is 0 Å². The van der Waals surface area contributed by atoms with E-state index in [0.29, 0.717) is 12.3 Å². The van der Waals surface area contributed by atoms with E-state index in [4.69, 9.17) is 9.84 Å². The van der Waals surface area contributed by atoms with Crippen molar-refractivity contribution in [3.8, 4) is 5.75 Å². The number of hydrogen-bond donors (Lipinski definition) is 2. The minimum atomic E-state index is -0.923. The normalized spacial score (nSPS) is 11.3. The Morgan fingerprint density at radius 3 is 2.03 bits per heavy atom. The fraction of sp³-hybridized carbons (Fsp3) is 0.133. The Hall–Kier alpha value is -4.38. The highest BCUT2D eigenvalue weighted by molar-refractivity contribution is 6.12. The number of rotatable bonds is 10. The van der Waals surface area contributed by atoms with Crippen LogP contribution < -0.4 is 4.74 Å². The highest BCUT2D eigenvalue weighted by Crippen LogP contribution is 2.25. The van der Waals surface area contributed by atoms with Gasteiger partial charge in [0.1, 0.15) is 18.1 Å². The van der Waals surface area contributed by atoms with Crippen molar-refractivity contribution in [3.63, 3.8) is 0 Å². The highest BCUT2D eigenvalue weighted by Gasteiger charge is 2.12. The number of hydrogen-bond acceptors (Lipinski definition) is 4. The van der Waals surface area contributed by atoms with Crippen molar-refractivity contribution in [3.05, 3.63) is 137 Å². The molecule has 0 atom stereocenters. The Bertz CT molecular complexity index is 1280. The molecule has 0 amide bonds. The van der Waals surface area contributed by atoms with Crippen molar-refractivity contribution in [1.82, 2.24) is 0 Å². The lowest BCUT2D eigenvalue weighted by molar-refractivity contribution is 0.0697. The zero-order chi connectivity index (χ0) is 24.5. The van der Waals surface area contributed by atoms with Gasteiger partial charge in [0.05, 0.1) is 5.56 Å². The van der Waals surface area contributed by atoms with Crippen molar-refractivity contribution in [2.24, 2.45) is 5.16 Å². The van der Waals surface area contributed by atoms with Crippen molar-refractivity contribution < 1.29 is 19.8 Å². The van der Waals surface area contributed by atoms with Crippen molar-refractivity contribution >= 4 is 11.7 Å². The maximum atomic E-state index is 11.1. The average molecular weight is 466 g/mol. The molecule has 0 aliphatic heterocycles. The first-order chi connectivity index (χ1) is 17.1. The standard InChI is InChI=1S/C30H27NO4/c32-30(33)25-16-14-22(15-17-25)10-7-13-26-20-27(29(31-34)24-11-5-2-6-12-24)18-19-28(26)35-21-23-8-3-1-4-9-23/h1-6,8-9,11-12,14-20,34H,7,10,13,21H2,(H,32,33). The summed E-state index contributed by atoms with van der Waals surface area (Å²) in [4.78, 5) is 11.1. The van der Waals surface area contributed by atoms with E-state index in [1.807, 2.05) is 91.0 Å². The number of nitrogens with zero attached hydrogens (tertiary/aromatic N) is 1. The summed E-state index contributed by atoms with van der Waals surface area (Å²) in [5, 5.41) is 22.4. The van der Waals surface area contributed by atoms with Crippen LogP contribution in [-0.2, 0) is 19.4 Å². The van der Waals surface area contributed by atoms with Crippen LogP contribution in [0.5, 0.6) is 5.75 Å². The predicted molar refractivity (Wildman–Crippen MR) is 137 cm³/mol. The van der Waals surface area contributed by atoms with E-state index >= 15 is 0 Å². The maximum absolute atomic E-state index is 11.1. The molecule has 0 aliphatic rings. The summed E-state index contributed by atoms with van der Waals surface area (Å²) in [6, 6.07) is 32.4. The van der Waals surface area contributed by atoms with E-state index in [-0.39, 0.29) is 5.56 Å². The molecule has 0 aromatic heterocycles. The molecule has 2 N–H and O–H groups in total. The van der Waals surface area contributed by atoms with Crippen LogP contribution in [0.4, 0.5) is 0 Å². The van der Waals surface area contributed by atoms with Crippen molar-refractivity contribution in [2.75, 3.05) is 0 Å². The van der Waals surface area contributed by atoms with Gasteiger partial charge < -0.3 is 15.1 Å². The molecule has 4 aromatic carbocycles. The molecule has 0 fully saturated rings. The molecule has 0 saturated carbocycles. The lowest BCUT2D eigenvalue weighted by Gasteiger charge is -2.14. The van der Waals surface area contributed by atoms with Crippen LogP contribution in [0.1, 0.15) is 44.6 Å². The molecule has 0 aliphatic carbocycles. The van der Waals surface area contributed by atoms with Crippen LogP contribution in [0.25, 0.3) is 0 Å². The Balaban J connectivity index is 1.54. The smallest absolute Gasteiger partial charge is 0.335 e. The molecular weight excluding hydrogens is 438 g/mol. The molecule has 0 spiro atoms. The predicted octanol–water partition coefficient (Wildman–Crippen LogP) is 6.37. The quantitative estimate of drug-likeness (QED) is 0.162. The third-order valence-electron chi connectivity index (χ3n) is 5.83. The van der Waals surface area contributed by atoms with E-state index in [1.165, 1.54) is 0 Å². The minimum Gasteiger partial charge on any atom is -0.489 e. The second-order valence-corrected chi connectivity index (χ2v) is 8.27. The van der Waals surface area contributed by atoms with E-state index in [1.54, 1.807) is 12.1 Å². The van der Waals surface area contributed by atoms with Gasteiger partial charge in [0.2, 0.25) is 0 Å². The summed E-state index contributed by atoms with van der Waals surface area (Å²) >= 11 is 0.